The molecule has 16 heteroatoms. The zero-order valence-corrected chi connectivity index (χ0v) is 15.3. The quantitative estimate of drug-likeness (QED) is 0.210. The molecule has 14 nitrogen and oxygen atoms in total. The van der Waals surface area contributed by atoms with Crippen molar-refractivity contribution in [2.24, 2.45) is 0 Å². The zero-order chi connectivity index (χ0) is 20.4. The molecule has 0 radical (unpaired) electrons. The van der Waals surface area contributed by atoms with E-state index < -0.39 is 70.2 Å². The van der Waals surface area contributed by atoms with Crippen molar-refractivity contribution in [3.8, 4) is 0 Å². The molecule has 0 aromatic heterocycles. The molecule has 2 fully saturated rings. The Balaban J connectivity index is 2.13. The molecule has 27 heavy (non-hydrogen) atoms. The number of ether oxygens (including phenoxy) is 3. The number of rotatable bonds is 7. The highest BCUT2D eigenvalue weighted by atomic mass is 32.3. The first-order valence-corrected chi connectivity index (χ1v) is 10.5. The van der Waals surface area contributed by atoms with Gasteiger partial charge in [0.1, 0.15) is 24.4 Å². The van der Waals surface area contributed by atoms with E-state index >= 15 is 0 Å². The number of aliphatic hydroxyl groups is 3. The van der Waals surface area contributed by atoms with Crippen molar-refractivity contribution in [3.63, 3.8) is 0 Å². The van der Waals surface area contributed by atoms with Crippen LogP contribution in [0.2, 0.25) is 0 Å². The van der Waals surface area contributed by atoms with E-state index in [2.05, 4.69) is 4.18 Å². The molecule has 7 unspecified atom stereocenters. The van der Waals surface area contributed by atoms with Crippen LogP contribution in [0.15, 0.2) is 0 Å². The van der Waals surface area contributed by atoms with Gasteiger partial charge in [-0.3, -0.25) is 9.11 Å². The summed E-state index contributed by atoms with van der Waals surface area (Å²) in [5, 5.41) is 29.7. The molecule has 0 amide bonds. The first-order valence-electron chi connectivity index (χ1n) is 7.65. The summed E-state index contributed by atoms with van der Waals surface area (Å²) in [4.78, 5) is 0. The molecule has 0 bridgehead atoms. The van der Waals surface area contributed by atoms with Gasteiger partial charge >= 0.3 is 20.7 Å². The van der Waals surface area contributed by atoms with Crippen molar-refractivity contribution >= 4 is 20.7 Å². The average Bonchev–Trinajstić information content (AvgIpc) is 2.51. The largest absolute Gasteiger partial charge is 0.397 e. The van der Waals surface area contributed by atoms with E-state index in [9.17, 15) is 32.2 Å². The van der Waals surface area contributed by atoms with Crippen molar-refractivity contribution in [1.29, 1.82) is 0 Å². The Morgan fingerprint density at radius 2 is 1.70 bits per heavy atom. The normalized spacial score (nSPS) is 38.6. The van der Waals surface area contributed by atoms with Gasteiger partial charge in [0.25, 0.3) is 0 Å². The number of nitrogens with one attached hydrogen (secondary N) is 1. The SMILES string of the molecule is O=S(=O)(O)NC1C(O)CC(COS(=O)(=O)O)OC1OC1COCC(O)C1O. The van der Waals surface area contributed by atoms with Gasteiger partial charge in [0.15, 0.2) is 6.29 Å². The predicted octanol–water partition coefficient (Wildman–Crippen LogP) is -3.82. The van der Waals surface area contributed by atoms with E-state index in [-0.39, 0.29) is 19.6 Å². The molecule has 160 valence electrons. The van der Waals surface area contributed by atoms with Crippen molar-refractivity contribution in [3.05, 3.63) is 0 Å². The summed E-state index contributed by atoms with van der Waals surface area (Å²) < 4.78 is 82.7. The summed E-state index contributed by atoms with van der Waals surface area (Å²) in [6, 6.07) is -1.53. The van der Waals surface area contributed by atoms with Gasteiger partial charge in [0, 0.05) is 6.42 Å². The lowest BCUT2D eigenvalue weighted by atomic mass is 10.0. The van der Waals surface area contributed by atoms with Gasteiger partial charge in [-0.25, -0.2) is 4.18 Å². The van der Waals surface area contributed by atoms with Crippen molar-refractivity contribution in [2.45, 2.75) is 49.3 Å². The van der Waals surface area contributed by atoms with Crippen LogP contribution in [0.25, 0.3) is 0 Å². The molecule has 2 rings (SSSR count). The molecular formula is C11H21NO13S2. The Morgan fingerprint density at radius 1 is 1.04 bits per heavy atom. The first kappa shape index (κ1) is 22.8. The van der Waals surface area contributed by atoms with E-state index in [4.69, 9.17) is 23.3 Å². The van der Waals surface area contributed by atoms with Gasteiger partial charge in [-0.1, -0.05) is 0 Å². The van der Waals surface area contributed by atoms with Crippen LogP contribution in [0.1, 0.15) is 6.42 Å². The summed E-state index contributed by atoms with van der Waals surface area (Å²) in [5.74, 6) is 0. The Labute approximate surface area is 154 Å². The third-order valence-electron chi connectivity index (χ3n) is 3.88. The van der Waals surface area contributed by atoms with E-state index in [0.717, 1.165) is 0 Å². The molecule has 0 aromatic carbocycles. The fourth-order valence-corrected chi connectivity index (χ4v) is 3.60. The fraction of sp³-hybridized carbons (Fsp3) is 1.00. The van der Waals surface area contributed by atoms with E-state index in [1.54, 1.807) is 4.72 Å². The summed E-state index contributed by atoms with van der Waals surface area (Å²) in [6.07, 6.45) is -8.53. The second kappa shape index (κ2) is 8.89. The van der Waals surface area contributed by atoms with Gasteiger partial charge in [0.2, 0.25) is 0 Å². The lowest BCUT2D eigenvalue weighted by Gasteiger charge is -2.42. The fourth-order valence-electron chi connectivity index (χ4n) is 2.66. The molecule has 6 N–H and O–H groups in total. The minimum absolute atomic E-state index is 0.160. The predicted molar refractivity (Wildman–Crippen MR) is 83.0 cm³/mol. The van der Waals surface area contributed by atoms with Crippen molar-refractivity contribution in [1.82, 2.24) is 4.72 Å². The van der Waals surface area contributed by atoms with Gasteiger partial charge in [-0.15, -0.1) is 0 Å². The van der Waals surface area contributed by atoms with Crippen LogP contribution in [0.3, 0.4) is 0 Å². The monoisotopic (exact) mass is 439 g/mol. The maximum Gasteiger partial charge on any atom is 0.397 e. The minimum Gasteiger partial charge on any atom is -0.391 e. The number of aliphatic hydroxyl groups excluding tert-OH is 3. The molecule has 0 aliphatic carbocycles. The lowest BCUT2D eigenvalue weighted by Crippen LogP contribution is -2.61. The molecule has 0 spiro atoms. The Kier molecular flexibility index (Phi) is 7.50. The summed E-state index contributed by atoms with van der Waals surface area (Å²) in [5.41, 5.74) is 0. The molecule has 2 saturated heterocycles. The molecule has 2 aliphatic rings. The standard InChI is InChI=1S/C11H21NO13S2/c13-6-1-5(2-23-27(19,20)21)24-11(9(6)12-26(16,17)18)25-8-4-22-3-7(14)10(8)15/h5-15H,1-4H2,(H,16,17,18)(H,19,20,21). The summed E-state index contributed by atoms with van der Waals surface area (Å²) in [7, 11) is -9.58. The molecule has 7 atom stereocenters. The van der Waals surface area contributed by atoms with Crippen LogP contribution in [0.4, 0.5) is 0 Å². The van der Waals surface area contributed by atoms with E-state index in [0.29, 0.717) is 0 Å². The Morgan fingerprint density at radius 3 is 2.30 bits per heavy atom. The van der Waals surface area contributed by atoms with Crippen molar-refractivity contribution in [2.75, 3.05) is 19.8 Å². The van der Waals surface area contributed by atoms with Gasteiger partial charge < -0.3 is 29.5 Å². The number of hydrogen-bond acceptors (Lipinski definition) is 11. The topological polar surface area (TPSA) is 218 Å². The smallest absolute Gasteiger partial charge is 0.391 e. The lowest BCUT2D eigenvalue weighted by molar-refractivity contribution is -0.281. The van der Waals surface area contributed by atoms with Crippen LogP contribution in [0.5, 0.6) is 0 Å². The molecule has 0 saturated carbocycles. The summed E-state index contributed by atoms with van der Waals surface area (Å²) >= 11 is 0. The van der Waals surface area contributed by atoms with Crippen molar-refractivity contribution < 1.29 is 59.7 Å². The molecule has 0 aromatic rings. The Hall–Kier alpha value is -0.500. The highest BCUT2D eigenvalue weighted by Gasteiger charge is 2.44. The minimum atomic E-state index is -4.79. The maximum absolute atomic E-state index is 11.1. The van der Waals surface area contributed by atoms with E-state index in [1.807, 2.05) is 0 Å². The van der Waals surface area contributed by atoms with Crippen LogP contribution in [0, 0.1) is 0 Å². The highest BCUT2D eigenvalue weighted by molar-refractivity contribution is 7.83. The van der Waals surface area contributed by atoms with Crippen LogP contribution in [-0.2, 0) is 39.1 Å². The Bertz CT molecular complexity index is 697. The second-order valence-electron chi connectivity index (χ2n) is 6.03. The van der Waals surface area contributed by atoms with Crippen LogP contribution in [-0.4, -0.2) is 104 Å². The second-order valence-corrected chi connectivity index (χ2v) is 8.31. The van der Waals surface area contributed by atoms with Gasteiger partial charge in [0.05, 0.1) is 32.0 Å². The third-order valence-corrected chi connectivity index (χ3v) is 4.89. The van der Waals surface area contributed by atoms with Gasteiger partial charge in [-0.2, -0.15) is 21.6 Å². The highest BCUT2D eigenvalue weighted by Crippen LogP contribution is 2.25. The molecule has 2 aliphatic heterocycles. The van der Waals surface area contributed by atoms with Crippen LogP contribution >= 0.6 is 0 Å². The van der Waals surface area contributed by atoms with Crippen LogP contribution < -0.4 is 4.72 Å². The average molecular weight is 439 g/mol. The first-order chi connectivity index (χ1) is 12.4. The van der Waals surface area contributed by atoms with Gasteiger partial charge in [-0.05, 0) is 0 Å². The van der Waals surface area contributed by atoms with E-state index in [1.165, 1.54) is 0 Å². The number of hydrogen-bond donors (Lipinski definition) is 6. The zero-order valence-electron chi connectivity index (χ0n) is 13.7. The third kappa shape index (κ3) is 7.11. The molecular weight excluding hydrogens is 418 g/mol. The summed E-state index contributed by atoms with van der Waals surface area (Å²) in [6.45, 7) is -1.08. The maximum atomic E-state index is 11.1. The molecule has 2 heterocycles.